The van der Waals surface area contributed by atoms with Gasteiger partial charge in [0.1, 0.15) is 0 Å². The fourth-order valence-electron chi connectivity index (χ4n) is 0.316. The summed E-state index contributed by atoms with van der Waals surface area (Å²) < 4.78 is 6.85. The molecule has 0 nitrogen and oxygen atoms in total. The van der Waals surface area contributed by atoms with Gasteiger partial charge < -0.3 is 0 Å². The van der Waals surface area contributed by atoms with Crippen LogP contribution in [0.5, 0.6) is 0 Å². The van der Waals surface area contributed by atoms with Crippen LogP contribution in [-0.4, -0.2) is 13.5 Å². The fraction of sp³-hybridized carbons (Fsp3) is 0.500. The van der Waals surface area contributed by atoms with Gasteiger partial charge in [0, 0.05) is 0 Å². The standard InChI is InChI=1S/3C2H4.Pd/c3*1-2;/h3*1H,2H3;. The molecule has 0 radical (unpaired) electrons. The van der Waals surface area contributed by atoms with Crippen molar-refractivity contribution in [2.24, 2.45) is 0 Å². The maximum atomic E-state index is 2.28. The van der Waals surface area contributed by atoms with E-state index in [9.17, 15) is 0 Å². The predicted octanol–water partition coefficient (Wildman–Crippen LogP) is 1.07. The van der Waals surface area contributed by atoms with Crippen LogP contribution in [0.15, 0.2) is 0 Å². The average molecular weight is 191 g/mol. The molecule has 0 aliphatic carbocycles. The molecule has 0 rings (SSSR count). The van der Waals surface area contributed by atoms with Crippen LogP contribution < -0.4 is 0 Å². The Bertz CT molecular complexity index is 125. The Morgan fingerprint density at radius 2 is 1.14 bits per heavy atom. The second kappa shape index (κ2) is 4.43. The molecular weight excluding hydrogens is 178 g/mol. The summed E-state index contributed by atoms with van der Waals surface area (Å²) in [5.41, 5.74) is 0. The minimum absolute atomic E-state index is 0.361. The Kier molecular flexibility index (Phi) is 4.60. The molecule has 0 aliphatic rings. The molecule has 0 unspecified atom stereocenters. The van der Waals surface area contributed by atoms with Crippen molar-refractivity contribution in [1.82, 2.24) is 0 Å². The third kappa shape index (κ3) is 2.91. The van der Waals surface area contributed by atoms with E-state index < -0.39 is 0 Å². The van der Waals surface area contributed by atoms with Gasteiger partial charge in [0.2, 0.25) is 0 Å². The maximum absolute atomic E-state index is 2.28. The first-order chi connectivity index (χ1) is 3.35. The Balaban J connectivity index is 4.54. The van der Waals surface area contributed by atoms with Gasteiger partial charge in [0.25, 0.3) is 0 Å². The Morgan fingerprint density at radius 1 is 0.857 bits per heavy atom. The summed E-state index contributed by atoms with van der Waals surface area (Å²) in [7, 11) is 0. The Morgan fingerprint density at radius 3 is 1.14 bits per heavy atom. The van der Waals surface area contributed by atoms with Gasteiger partial charge >= 0.3 is 49.6 Å². The number of hydrogen-bond acceptors (Lipinski definition) is 0. The van der Waals surface area contributed by atoms with Crippen LogP contribution in [-0.2, 0) is 15.4 Å². The van der Waals surface area contributed by atoms with Crippen LogP contribution in [0.2, 0.25) is 0 Å². The summed E-state index contributed by atoms with van der Waals surface area (Å²) in [6.45, 7) is 6.38. The van der Waals surface area contributed by atoms with E-state index in [0.717, 1.165) is 0 Å². The van der Waals surface area contributed by atoms with Crippen molar-refractivity contribution < 1.29 is 15.4 Å². The van der Waals surface area contributed by atoms with Crippen LogP contribution in [0.25, 0.3) is 0 Å². The summed E-state index contributed by atoms with van der Waals surface area (Å²) in [4.78, 5) is 0. The molecule has 0 N–H and O–H groups in total. The Labute approximate surface area is 50.0 Å². The summed E-state index contributed by atoms with van der Waals surface area (Å²) in [6.07, 6.45) is 0. The first-order valence-corrected chi connectivity index (χ1v) is 4.97. The normalized spacial score (nSPS) is 9.86. The van der Waals surface area contributed by atoms with Crippen LogP contribution in [0.4, 0.5) is 0 Å². The molecule has 0 aromatic rings. The fourth-order valence-corrected chi connectivity index (χ4v) is 1.87. The van der Waals surface area contributed by atoms with E-state index >= 15 is 0 Å². The predicted molar refractivity (Wildman–Crippen MR) is 35.2 cm³/mol. The zero-order valence-electron chi connectivity index (χ0n) is 5.05. The molecular formula is C6H12Pd. The Hall–Kier alpha value is 0.272. The first kappa shape index (κ1) is 7.27. The van der Waals surface area contributed by atoms with Crippen molar-refractivity contribution in [3.05, 3.63) is 0 Å². The molecule has 0 aromatic carbocycles. The molecule has 0 saturated carbocycles. The molecule has 0 saturated heterocycles. The van der Waals surface area contributed by atoms with E-state index in [1.54, 1.807) is 0 Å². The van der Waals surface area contributed by atoms with E-state index in [-0.39, 0.29) is 15.4 Å². The molecule has 0 aliphatic heterocycles. The van der Waals surface area contributed by atoms with Gasteiger partial charge in [-0.3, -0.25) is 0 Å². The third-order valence-corrected chi connectivity index (χ3v) is 3.74. The van der Waals surface area contributed by atoms with Crippen molar-refractivity contribution in [1.29, 1.82) is 0 Å². The molecule has 0 aromatic heterocycles. The van der Waals surface area contributed by atoms with Crippen LogP contribution in [0.3, 0.4) is 0 Å². The zero-order valence-corrected chi connectivity index (χ0v) is 6.60. The second-order valence-electron chi connectivity index (χ2n) is 0.864. The van der Waals surface area contributed by atoms with Crippen molar-refractivity contribution in [2.75, 3.05) is 0 Å². The van der Waals surface area contributed by atoms with E-state index in [2.05, 4.69) is 34.2 Å². The van der Waals surface area contributed by atoms with Crippen LogP contribution in [0.1, 0.15) is 20.8 Å². The molecule has 7 heavy (non-hydrogen) atoms. The van der Waals surface area contributed by atoms with Crippen LogP contribution in [0, 0.1) is 0 Å². The van der Waals surface area contributed by atoms with E-state index in [1.165, 1.54) is 0 Å². The second-order valence-corrected chi connectivity index (χ2v) is 5.11. The van der Waals surface area contributed by atoms with Crippen LogP contribution >= 0.6 is 0 Å². The number of hydrogen-bond donors (Lipinski definition) is 0. The van der Waals surface area contributed by atoms with Gasteiger partial charge in [-0.2, -0.15) is 0 Å². The summed E-state index contributed by atoms with van der Waals surface area (Å²) >= 11 is -0.361. The molecule has 0 heterocycles. The molecule has 0 spiro atoms. The number of rotatable bonds is 0. The van der Waals surface area contributed by atoms with Gasteiger partial charge in [-0.1, -0.05) is 0 Å². The van der Waals surface area contributed by atoms with E-state index in [4.69, 9.17) is 0 Å². The molecule has 0 bridgehead atoms. The molecule has 0 fully saturated rings. The molecule has 0 amide bonds. The van der Waals surface area contributed by atoms with E-state index in [0.29, 0.717) is 0 Å². The monoisotopic (exact) mass is 190 g/mol. The summed E-state index contributed by atoms with van der Waals surface area (Å²) in [5.74, 6) is 0. The zero-order chi connectivity index (χ0) is 5.70. The topological polar surface area (TPSA) is 0 Å². The average Bonchev–Trinajstić information content (AvgIpc) is 1.72. The van der Waals surface area contributed by atoms with Gasteiger partial charge in [-0.15, -0.1) is 0 Å². The quantitative estimate of drug-likeness (QED) is 0.502. The van der Waals surface area contributed by atoms with E-state index in [1.807, 2.05) is 0 Å². The van der Waals surface area contributed by atoms with Gasteiger partial charge in [-0.05, 0) is 0 Å². The van der Waals surface area contributed by atoms with Crippen molar-refractivity contribution in [3.8, 4) is 0 Å². The first-order valence-electron chi connectivity index (χ1n) is 2.28. The van der Waals surface area contributed by atoms with Crippen molar-refractivity contribution in [2.45, 2.75) is 20.8 Å². The molecule has 46 valence electrons. The van der Waals surface area contributed by atoms with Crippen molar-refractivity contribution in [3.63, 3.8) is 0 Å². The molecule has 0 atom stereocenters. The third-order valence-electron chi connectivity index (χ3n) is 0.632. The van der Waals surface area contributed by atoms with Gasteiger partial charge in [-0.25, -0.2) is 0 Å². The minimum atomic E-state index is -0.361. The molecule has 1 heteroatoms. The summed E-state index contributed by atoms with van der Waals surface area (Å²) in [6, 6.07) is 0. The van der Waals surface area contributed by atoms with Gasteiger partial charge in [0.05, 0.1) is 0 Å². The SMILES string of the molecule is C[CH]=[Pd](=[CH]C)=[CH]C. The van der Waals surface area contributed by atoms with Gasteiger partial charge in [0.15, 0.2) is 0 Å². The van der Waals surface area contributed by atoms with Crippen molar-refractivity contribution >= 4 is 13.5 Å². The summed E-state index contributed by atoms with van der Waals surface area (Å²) in [5, 5.41) is 0.